The Balaban J connectivity index is 2.15. The third-order valence-electron chi connectivity index (χ3n) is 3.23. The number of allylic oxidation sites excluding steroid dienone is 2. The largest absolute Gasteiger partial charge is 0.491 e. The van der Waals surface area contributed by atoms with Crippen LogP contribution in [0.15, 0.2) is 52.7 Å². The van der Waals surface area contributed by atoms with Crippen LogP contribution in [0.4, 0.5) is 0 Å². The molecule has 3 rings (SSSR count). The Morgan fingerprint density at radius 2 is 1.71 bits per heavy atom. The smallest absolute Gasteiger partial charge is 0.231 e. The normalized spacial score (nSPS) is 14.2. The number of methoxy groups -OCH3 is 1. The van der Waals surface area contributed by atoms with Gasteiger partial charge in [0.2, 0.25) is 11.6 Å². The van der Waals surface area contributed by atoms with Crippen molar-refractivity contribution in [1.29, 1.82) is 0 Å². The standard InChI is InChI=1S/C16H10BrNO3/c1-21-16-12(17)15(20)13-10(14(16)19)7-8-11(18-13)9-5-3-2-4-6-9/h2-8H,1H3. The summed E-state index contributed by atoms with van der Waals surface area (Å²) in [6.07, 6.45) is 0. The average Bonchev–Trinajstić information content (AvgIpc) is 2.54. The molecule has 0 atom stereocenters. The molecule has 1 aromatic heterocycles. The molecule has 0 bridgehead atoms. The van der Waals surface area contributed by atoms with Crippen LogP contribution >= 0.6 is 15.9 Å². The monoisotopic (exact) mass is 343 g/mol. The highest BCUT2D eigenvalue weighted by atomic mass is 79.9. The van der Waals surface area contributed by atoms with Gasteiger partial charge in [0.15, 0.2) is 5.76 Å². The minimum absolute atomic E-state index is 0.0155. The van der Waals surface area contributed by atoms with Crippen LogP contribution in [0.2, 0.25) is 0 Å². The van der Waals surface area contributed by atoms with Gasteiger partial charge in [-0.25, -0.2) is 4.98 Å². The highest BCUT2D eigenvalue weighted by Gasteiger charge is 2.33. The molecule has 0 fully saturated rings. The average molecular weight is 344 g/mol. The number of pyridine rings is 1. The van der Waals surface area contributed by atoms with Gasteiger partial charge in [0.05, 0.1) is 18.4 Å². The number of benzene rings is 1. The molecular weight excluding hydrogens is 334 g/mol. The van der Waals surface area contributed by atoms with Crippen molar-refractivity contribution in [3.8, 4) is 11.3 Å². The predicted octanol–water partition coefficient (Wildman–Crippen LogP) is 3.38. The third-order valence-corrected chi connectivity index (χ3v) is 3.95. The van der Waals surface area contributed by atoms with Gasteiger partial charge >= 0.3 is 0 Å². The molecule has 0 saturated heterocycles. The first-order chi connectivity index (χ1) is 10.1. The fraction of sp³-hybridized carbons (Fsp3) is 0.0625. The molecule has 0 amide bonds. The molecule has 0 unspecified atom stereocenters. The summed E-state index contributed by atoms with van der Waals surface area (Å²) in [5, 5.41) is 0. The van der Waals surface area contributed by atoms with Crippen molar-refractivity contribution in [3.63, 3.8) is 0 Å². The van der Waals surface area contributed by atoms with Crippen LogP contribution in [0.3, 0.4) is 0 Å². The van der Waals surface area contributed by atoms with Gasteiger partial charge in [-0.15, -0.1) is 0 Å². The van der Waals surface area contributed by atoms with Gasteiger partial charge in [-0.05, 0) is 28.1 Å². The van der Waals surface area contributed by atoms with Gasteiger partial charge < -0.3 is 4.74 Å². The predicted molar refractivity (Wildman–Crippen MR) is 81.3 cm³/mol. The van der Waals surface area contributed by atoms with E-state index in [1.807, 2.05) is 30.3 Å². The zero-order valence-corrected chi connectivity index (χ0v) is 12.7. The molecule has 0 saturated carbocycles. The topological polar surface area (TPSA) is 56.3 Å². The van der Waals surface area contributed by atoms with Crippen LogP contribution in [-0.4, -0.2) is 23.7 Å². The lowest BCUT2D eigenvalue weighted by Crippen LogP contribution is -2.22. The second-order valence-corrected chi connectivity index (χ2v) is 5.26. The van der Waals surface area contributed by atoms with Crippen molar-refractivity contribution in [2.24, 2.45) is 0 Å². The Labute approximate surface area is 129 Å². The summed E-state index contributed by atoms with van der Waals surface area (Å²) in [4.78, 5) is 28.9. The molecule has 0 aliphatic heterocycles. The van der Waals surface area contributed by atoms with Gasteiger partial charge in [-0.2, -0.15) is 0 Å². The minimum atomic E-state index is -0.348. The summed E-state index contributed by atoms with van der Waals surface area (Å²) >= 11 is 3.12. The number of halogens is 1. The summed E-state index contributed by atoms with van der Waals surface area (Å²) in [5.41, 5.74) is 1.95. The molecule has 2 aromatic rings. The molecule has 1 aromatic carbocycles. The zero-order chi connectivity index (χ0) is 15.0. The first-order valence-corrected chi connectivity index (χ1v) is 7.02. The van der Waals surface area contributed by atoms with Crippen LogP contribution in [-0.2, 0) is 4.74 Å². The lowest BCUT2D eigenvalue weighted by atomic mass is 9.97. The Hall–Kier alpha value is -2.27. The maximum absolute atomic E-state index is 12.3. The number of hydrogen-bond donors (Lipinski definition) is 0. The quantitative estimate of drug-likeness (QED) is 0.838. The lowest BCUT2D eigenvalue weighted by Gasteiger charge is -2.16. The van der Waals surface area contributed by atoms with Gasteiger partial charge in [0, 0.05) is 5.56 Å². The fourth-order valence-corrected chi connectivity index (χ4v) is 2.73. The molecule has 5 heteroatoms. The number of hydrogen-bond acceptors (Lipinski definition) is 4. The van der Waals surface area contributed by atoms with Crippen molar-refractivity contribution in [3.05, 3.63) is 64.0 Å². The first kappa shape index (κ1) is 13.7. The molecule has 104 valence electrons. The molecule has 0 spiro atoms. The number of carbonyl (C=O) groups is 2. The third kappa shape index (κ3) is 2.19. The van der Waals surface area contributed by atoms with Gasteiger partial charge in [0.25, 0.3) is 0 Å². The summed E-state index contributed by atoms with van der Waals surface area (Å²) in [6.45, 7) is 0. The van der Waals surface area contributed by atoms with E-state index in [1.165, 1.54) is 7.11 Å². The van der Waals surface area contributed by atoms with Crippen LogP contribution in [0, 0.1) is 0 Å². The van der Waals surface area contributed by atoms with E-state index in [-0.39, 0.29) is 33.1 Å². The van der Waals surface area contributed by atoms with Crippen LogP contribution in [0.5, 0.6) is 0 Å². The van der Waals surface area contributed by atoms with Crippen molar-refractivity contribution < 1.29 is 14.3 Å². The Morgan fingerprint density at radius 3 is 2.38 bits per heavy atom. The van der Waals surface area contributed by atoms with Crippen molar-refractivity contribution in [2.45, 2.75) is 0 Å². The summed E-state index contributed by atoms with van der Waals surface area (Å²) < 4.78 is 5.10. The second-order valence-electron chi connectivity index (χ2n) is 4.46. The van der Waals surface area contributed by atoms with Crippen LogP contribution in [0.25, 0.3) is 11.3 Å². The number of carbonyl (C=O) groups excluding carboxylic acids is 2. The Bertz CT molecular complexity index is 781. The van der Waals surface area contributed by atoms with Crippen LogP contribution < -0.4 is 0 Å². The molecule has 0 radical (unpaired) electrons. The van der Waals surface area contributed by atoms with E-state index >= 15 is 0 Å². The van der Waals surface area contributed by atoms with Crippen molar-refractivity contribution >= 4 is 27.5 Å². The van der Waals surface area contributed by atoms with Crippen molar-refractivity contribution in [2.75, 3.05) is 7.11 Å². The molecular formula is C16H10BrNO3. The highest BCUT2D eigenvalue weighted by Crippen LogP contribution is 2.30. The molecule has 0 N–H and O–H groups in total. The molecule has 1 aliphatic rings. The number of rotatable bonds is 2. The van der Waals surface area contributed by atoms with E-state index in [4.69, 9.17) is 4.74 Å². The number of Topliss-reactive ketones (excluding diaryl/α,β-unsaturated/α-hetero) is 2. The number of ketones is 2. The number of fused-ring (bicyclic) bond motifs is 1. The van der Waals surface area contributed by atoms with E-state index < -0.39 is 0 Å². The fourth-order valence-electron chi connectivity index (χ4n) is 2.20. The number of ether oxygens (including phenoxy) is 1. The van der Waals surface area contributed by atoms with E-state index in [9.17, 15) is 9.59 Å². The van der Waals surface area contributed by atoms with E-state index in [0.29, 0.717) is 5.69 Å². The molecule has 21 heavy (non-hydrogen) atoms. The molecule has 1 aliphatic carbocycles. The highest BCUT2D eigenvalue weighted by molar-refractivity contribution is 9.12. The Morgan fingerprint density at radius 1 is 1.00 bits per heavy atom. The first-order valence-electron chi connectivity index (χ1n) is 6.23. The van der Waals surface area contributed by atoms with Crippen LogP contribution in [0.1, 0.15) is 20.8 Å². The minimum Gasteiger partial charge on any atom is -0.491 e. The SMILES string of the molecule is COC1=C(Br)C(=O)c2nc(-c3ccccc3)ccc2C1=O. The second kappa shape index (κ2) is 5.26. The summed E-state index contributed by atoms with van der Waals surface area (Å²) in [6, 6.07) is 12.8. The molecule has 4 nitrogen and oxygen atoms in total. The lowest BCUT2D eigenvalue weighted by molar-refractivity contribution is 0.0911. The number of aromatic nitrogens is 1. The zero-order valence-electron chi connectivity index (χ0n) is 11.1. The summed E-state index contributed by atoms with van der Waals surface area (Å²) in [7, 11) is 1.36. The van der Waals surface area contributed by atoms with Gasteiger partial charge in [-0.1, -0.05) is 30.3 Å². The summed E-state index contributed by atoms with van der Waals surface area (Å²) in [5.74, 6) is -0.674. The van der Waals surface area contributed by atoms with Gasteiger partial charge in [-0.3, -0.25) is 9.59 Å². The van der Waals surface area contributed by atoms with E-state index in [0.717, 1.165) is 5.56 Å². The maximum Gasteiger partial charge on any atom is 0.231 e. The Kier molecular flexibility index (Phi) is 3.43. The molecule has 1 heterocycles. The number of nitrogens with zero attached hydrogens (tertiary/aromatic N) is 1. The van der Waals surface area contributed by atoms with E-state index in [2.05, 4.69) is 20.9 Å². The van der Waals surface area contributed by atoms with Crippen molar-refractivity contribution in [1.82, 2.24) is 4.98 Å². The maximum atomic E-state index is 12.3. The van der Waals surface area contributed by atoms with Gasteiger partial charge in [0.1, 0.15) is 10.2 Å². The van der Waals surface area contributed by atoms with E-state index in [1.54, 1.807) is 12.1 Å².